The minimum atomic E-state index is 0.351. The molecule has 6 heteroatoms. The molecule has 1 heterocycles. The zero-order chi connectivity index (χ0) is 18.5. The minimum absolute atomic E-state index is 0.351. The number of anilines is 1. The largest absolute Gasteiger partial charge is 0.493 e. The molecule has 0 atom stereocenters. The standard InChI is InChI=1S/C20H22N4O2/c1-14-4-6-16(7-5-14)13-26-18-9-8-17(10-19(18)25-3)11-22-24-12-15(2)23-20(24)21/h4-12H,13H2,1-3H3,(H2,21,23). The van der Waals surface area contributed by atoms with Crippen LogP contribution < -0.4 is 15.2 Å². The Morgan fingerprint density at radius 3 is 2.54 bits per heavy atom. The number of ether oxygens (including phenoxy) is 2. The molecule has 0 amide bonds. The van der Waals surface area contributed by atoms with Crippen LogP contribution in [0.15, 0.2) is 53.8 Å². The van der Waals surface area contributed by atoms with E-state index >= 15 is 0 Å². The fraction of sp³-hybridized carbons (Fsp3) is 0.200. The van der Waals surface area contributed by atoms with Gasteiger partial charge in [-0.1, -0.05) is 29.8 Å². The third-order valence-electron chi connectivity index (χ3n) is 3.87. The Bertz CT molecular complexity index is 914. The van der Waals surface area contributed by atoms with Crippen molar-refractivity contribution in [2.24, 2.45) is 5.10 Å². The molecule has 0 aliphatic rings. The smallest absolute Gasteiger partial charge is 0.221 e. The van der Waals surface area contributed by atoms with E-state index in [-0.39, 0.29) is 0 Å². The molecule has 3 aromatic rings. The molecule has 26 heavy (non-hydrogen) atoms. The van der Waals surface area contributed by atoms with Gasteiger partial charge >= 0.3 is 0 Å². The molecule has 0 spiro atoms. The summed E-state index contributed by atoms with van der Waals surface area (Å²) in [7, 11) is 1.62. The lowest BCUT2D eigenvalue weighted by Crippen LogP contribution is -1.99. The number of hydrogen-bond acceptors (Lipinski definition) is 5. The number of methoxy groups -OCH3 is 1. The predicted molar refractivity (Wildman–Crippen MR) is 103 cm³/mol. The zero-order valence-corrected chi connectivity index (χ0v) is 15.1. The van der Waals surface area contributed by atoms with Crippen LogP contribution in [0.2, 0.25) is 0 Å². The fourth-order valence-electron chi connectivity index (χ4n) is 2.45. The molecule has 0 radical (unpaired) electrons. The lowest BCUT2D eigenvalue weighted by Gasteiger charge is -2.11. The predicted octanol–water partition coefficient (Wildman–Crippen LogP) is 3.55. The molecular formula is C20H22N4O2. The molecule has 0 aliphatic heterocycles. The lowest BCUT2D eigenvalue weighted by molar-refractivity contribution is 0.284. The molecule has 0 aliphatic carbocycles. The number of hydrogen-bond donors (Lipinski definition) is 1. The second-order valence-corrected chi connectivity index (χ2v) is 6.01. The second-order valence-electron chi connectivity index (χ2n) is 6.01. The maximum Gasteiger partial charge on any atom is 0.221 e. The Morgan fingerprint density at radius 1 is 1.12 bits per heavy atom. The van der Waals surface area contributed by atoms with Gasteiger partial charge in [-0.3, -0.25) is 0 Å². The van der Waals surface area contributed by atoms with E-state index in [9.17, 15) is 0 Å². The van der Waals surface area contributed by atoms with Crippen LogP contribution in [0.1, 0.15) is 22.4 Å². The van der Waals surface area contributed by atoms with Gasteiger partial charge in [0.2, 0.25) is 5.95 Å². The van der Waals surface area contributed by atoms with Gasteiger partial charge in [0.1, 0.15) is 6.61 Å². The molecule has 6 nitrogen and oxygen atoms in total. The first-order valence-corrected chi connectivity index (χ1v) is 8.27. The molecule has 2 N–H and O–H groups in total. The molecule has 0 bridgehead atoms. The summed E-state index contributed by atoms with van der Waals surface area (Å²) in [5, 5.41) is 4.31. The molecule has 0 saturated heterocycles. The number of imidazole rings is 1. The van der Waals surface area contributed by atoms with Crippen molar-refractivity contribution in [3.8, 4) is 11.5 Å². The van der Waals surface area contributed by atoms with Crippen molar-refractivity contribution >= 4 is 12.2 Å². The summed E-state index contributed by atoms with van der Waals surface area (Å²) in [6.45, 7) is 4.41. The van der Waals surface area contributed by atoms with Crippen molar-refractivity contribution in [3.05, 3.63) is 71.0 Å². The first-order valence-electron chi connectivity index (χ1n) is 8.27. The van der Waals surface area contributed by atoms with Gasteiger partial charge in [-0.25, -0.2) is 9.66 Å². The van der Waals surface area contributed by atoms with Crippen LogP contribution in [-0.2, 0) is 6.61 Å². The zero-order valence-electron chi connectivity index (χ0n) is 15.1. The van der Waals surface area contributed by atoms with Gasteiger partial charge in [0.15, 0.2) is 11.5 Å². The van der Waals surface area contributed by atoms with Gasteiger partial charge in [0.05, 0.1) is 25.2 Å². The highest BCUT2D eigenvalue weighted by Gasteiger charge is 2.06. The third-order valence-corrected chi connectivity index (χ3v) is 3.87. The van der Waals surface area contributed by atoms with Crippen molar-refractivity contribution in [2.75, 3.05) is 12.8 Å². The van der Waals surface area contributed by atoms with Crippen molar-refractivity contribution < 1.29 is 9.47 Å². The number of nitrogens with zero attached hydrogens (tertiary/aromatic N) is 3. The summed E-state index contributed by atoms with van der Waals surface area (Å²) >= 11 is 0. The summed E-state index contributed by atoms with van der Waals surface area (Å²) < 4.78 is 12.9. The number of aromatic nitrogens is 2. The maximum atomic E-state index is 5.89. The normalized spacial score (nSPS) is 11.0. The second kappa shape index (κ2) is 7.74. The van der Waals surface area contributed by atoms with Crippen LogP contribution in [0.5, 0.6) is 11.5 Å². The first-order chi connectivity index (χ1) is 12.5. The molecule has 0 saturated carbocycles. The van der Waals surface area contributed by atoms with E-state index in [1.807, 2.05) is 25.1 Å². The number of nitrogen functional groups attached to an aromatic ring is 1. The Morgan fingerprint density at radius 2 is 1.88 bits per heavy atom. The van der Waals surface area contributed by atoms with Crippen molar-refractivity contribution in [2.45, 2.75) is 20.5 Å². The van der Waals surface area contributed by atoms with Crippen molar-refractivity contribution in [1.29, 1.82) is 0 Å². The van der Waals surface area contributed by atoms with Crippen LogP contribution in [0.4, 0.5) is 5.95 Å². The Balaban J connectivity index is 1.72. The SMILES string of the molecule is COc1cc(C=Nn2cc(C)nc2N)ccc1OCc1ccc(C)cc1. The van der Waals surface area contributed by atoms with E-state index in [4.69, 9.17) is 15.2 Å². The van der Waals surface area contributed by atoms with Gasteiger partial charge < -0.3 is 15.2 Å². The topological polar surface area (TPSA) is 74.7 Å². The molecule has 134 valence electrons. The quantitative estimate of drug-likeness (QED) is 0.690. The Kier molecular flexibility index (Phi) is 5.22. The summed E-state index contributed by atoms with van der Waals surface area (Å²) in [5.74, 6) is 1.68. The molecular weight excluding hydrogens is 328 g/mol. The van der Waals surface area contributed by atoms with E-state index in [2.05, 4.69) is 41.3 Å². The van der Waals surface area contributed by atoms with Gasteiger partial charge in [-0.15, -0.1) is 0 Å². The van der Waals surface area contributed by atoms with E-state index in [0.717, 1.165) is 16.8 Å². The van der Waals surface area contributed by atoms with Crippen LogP contribution >= 0.6 is 0 Å². The highest BCUT2D eigenvalue weighted by atomic mass is 16.5. The lowest BCUT2D eigenvalue weighted by atomic mass is 10.2. The Hall–Kier alpha value is -3.28. The van der Waals surface area contributed by atoms with Crippen LogP contribution in [0, 0.1) is 13.8 Å². The molecule has 3 rings (SSSR count). The number of aryl methyl sites for hydroxylation is 2. The monoisotopic (exact) mass is 350 g/mol. The fourth-order valence-corrected chi connectivity index (χ4v) is 2.45. The van der Waals surface area contributed by atoms with Gasteiger partial charge in [0.25, 0.3) is 0 Å². The number of nitrogens with two attached hydrogens (primary N) is 1. The van der Waals surface area contributed by atoms with Gasteiger partial charge in [0, 0.05) is 0 Å². The van der Waals surface area contributed by atoms with Gasteiger partial charge in [-0.05, 0) is 43.2 Å². The highest BCUT2D eigenvalue weighted by Crippen LogP contribution is 2.28. The number of rotatable bonds is 6. The first kappa shape index (κ1) is 17.5. The minimum Gasteiger partial charge on any atom is -0.493 e. The van der Waals surface area contributed by atoms with Crippen LogP contribution in [-0.4, -0.2) is 23.0 Å². The van der Waals surface area contributed by atoms with Gasteiger partial charge in [-0.2, -0.15) is 5.10 Å². The molecule has 0 fully saturated rings. The van der Waals surface area contributed by atoms with E-state index in [1.54, 1.807) is 19.5 Å². The summed E-state index contributed by atoms with van der Waals surface area (Å²) in [6, 6.07) is 13.9. The van der Waals surface area contributed by atoms with Crippen LogP contribution in [0.3, 0.4) is 0 Å². The average molecular weight is 350 g/mol. The highest BCUT2D eigenvalue weighted by molar-refractivity contribution is 5.81. The maximum absolute atomic E-state index is 5.89. The van der Waals surface area contributed by atoms with Crippen LogP contribution in [0.25, 0.3) is 0 Å². The summed E-state index contributed by atoms with van der Waals surface area (Å²) in [4.78, 5) is 4.11. The average Bonchev–Trinajstić information content (AvgIpc) is 2.97. The number of benzene rings is 2. The van der Waals surface area contributed by atoms with E-state index in [1.165, 1.54) is 10.2 Å². The van der Waals surface area contributed by atoms with E-state index < -0.39 is 0 Å². The Labute approximate surface area is 152 Å². The summed E-state index contributed by atoms with van der Waals surface area (Å²) in [5.41, 5.74) is 9.80. The summed E-state index contributed by atoms with van der Waals surface area (Å²) in [6.07, 6.45) is 3.46. The molecule has 1 aromatic heterocycles. The molecule has 2 aromatic carbocycles. The van der Waals surface area contributed by atoms with E-state index in [0.29, 0.717) is 24.1 Å². The third kappa shape index (κ3) is 4.22. The van der Waals surface area contributed by atoms with Crippen molar-refractivity contribution in [1.82, 2.24) is 9.66 Å². The van der Waals surface area contributed by atoms with Crippen molar-refractivity contribution in [3.63, 3.8) is 0 Å². The molecule has 0 unspecified atom stereocenters.